The number of hydrogen-bond acceptors (Lipinski definition) is 3. The molecule has 0 saturated heterocycles. The standard InChI is InChI=1S/C12H15NO4/c1-2-6-13(8-11(15)16)12(17)9-4-3-5-10(14)7-9/h3-5,7,14H,2,6,8H2,1H3,(H,15,16). The number of carboxylic acids is 1. The Hall–Kier alpha value is -2.04. The van der Waals surface area contributed by atoms with Crippen molar-refractivity contribution in [2.45, 2.75) is 13.3 Å². The molecule has 1 aromatic carbocycles. The highest BCUT2D eigenvalue weighted by molar-refractivity contribution is 5.96. The van der Waals surface area contributed by atoms with Gasteiger partial charge in [0.1, 0.15) is 12.3 Å². The van der Waals surface area contributed by atoms with E-state index in [1.54, 1.807) is 12.1 Å². The van der Waals surface area contributed by atoms with Gasteiger partial charge in [-0.1, -0.05) is 13.0 Å². The molecular formula is C12H15NO4. The highest BCUT2D eigenvalue weighted by Crippen LogP contribution is 2.13. The Labute approximate surface area is 99.3 Å². The third kappa shape index (κ3) is 3.79. The molecule has 0 aliphatic rings. The maximum absolute atomic E-state index is 12.0. The number of rotatable bonds is 5. The number of nitrogens with zero attached hydrogens (tertiary/aromatic N) is 1. The Kier molecular flexibility index (Phi) is 4.51. The van der Waals surface area contributed by atoms with Crippen molar-refractivity contribution in [1.82, 2.24) is 4.90 Å². The molecule has 0 unspecified atom stereocenters. The van der Waals surface area contributed by atoms with Crippen LogP contribution in [0.1, 0.15) is 23.7 Å². The molecule has 0 heterocycles. The minimum absolute atomic E-state index is 0.0115. The molecule has 5 heteroatoms. The van der Waals surface area contributed by atoms with Crippen molar-refractivity contribution in [3.8, 4) is 5.75 Å². The van der Waals surface area contributed by atoms with Crippen molar-refractivity contribution in [2.75, 3.05) is 13.1 Å². The summed E-state index contributed by atoms with van der Waals surface area (Å²) in [5, 5.41) is 18.0. The zero-order valence-corrected chi connectivity index (χ0v) is 9.59. The second-order valence-electron chi connectivity index (χ2n) is 3.67. The first-order valence-corrected chi connectivity index (χ1v) is 5.34. The zero-order valence-electron chi connectivity index (χ0n) is 9.59. The Morgan fingerprint density at radius 3 is 2.59 bits per heavy atom. The maximum atomic E-state index is 12.0. The molecule has 1 amide bonds. The van der Waals surface area contributed by atoms with Crippen LogP contribution >= 0.6 is 0 Å². The van der Waals surface area contributed by atoms with Crippen molar-refractivity contribution >= 4 is 11.9 Å². The number of phenols is 1. The van der Waals surface area contributed by atoms with Crippen LogP contribution < -0.4 is 0 Å². The minimum atomic E-state index is -1.05. The van der Waals surface area contributed by atoms with Gasteiger partial charge in [0.05, 0.1) is 0 Å². The molecule has 1 rings (SSSR count). The number of aromatic hydroxyl groups is 1. The van der Waals surface area contributed by atoms with Gasteiger partial charge in [0.25, 0.3) is 5.91 Å². The van der Waals surface area contributed by atoms with Gasteiger partial charge in [-0.15, -0.1) is 0 Å². The fourth-order valence-electron chi connectivity index (χ4n) is 1.51. The summed E-state index contributed by atoms with van der Waals surface area (Å²) in [4.78, 5) is 23.9. The van der Waals surface area contributed by atoms with Gasteiger partial charge < -0.3 is 15.1 Å². The van der Waals surface area contributed by atoms with Gasteiger partial charge in [-0.25, -0.2) is 0 Å². The molecule has 2 N–H and O–H groups in total. The first-order chi connectivity index (χ1) is 8.04. The highest BCUT2D eigenvalue weighted by Gasteiger charge is 2.17. The van der Waals surface area contributed by atoms with Gasteiger partial charge in [-0.3, -0.25) is 9.59 Å². The molecule has 1 aromatic rings. The molecule has 0 aliphatic carbocycles. The predicted octanol–water partition coefficient (Wildman–Crippen LogP) is 1.33. The average molecular weight is 237 g/mol. The third-order valence-electron chi connectivity index (χ3n) is 2.20. The number of aliphatic carboxylic acids is 1. The van der Waals surface area contributed by atoms with Gasteiger partial charge >= 0.3 is 5.97 Å². The fourth-order valence-corrected chi connectivity index (χ4v) is 1.51. The van der Waals surface area contributed by atoms with Crippen LogP contribution in [0.15, 0.2) is 24.3 Å². The lowest BCUT2D eigenvalue weighted by Crippen LogP contribution is -2.36. The SMILES string of the molecule is CCCN(CC(=O)O)C(=O)c1cccc(O)c1. The molecule has 0 saturated carbocycles. The molecular weight excluding hydrogens is 222 g/mol. The Morgan fingerprint density at radius 2 is 2.06 bits per heavy atom. The van der Waals surface area contributed by atoms with E-state index in [4.69, 9.17) is 5.11 Å². The Morgan fingerprint density at radius 1 is 1.35 bits per heavy atom. The summed E-state index contributed by atoms with van der Waals surface area (Å²) in [6.45, 7) is 1.91. The molecule has 0 spiro atoms. The number of phenolic OH excluding ortho intramolecular Hbond substituents is 1. The van der Waals surface area contributed by atoms with Gasteiger partial charge in [0.15, 0.2) is 0 Å². The van der Waals surface area contributed by atoms with E-state index in [9.17, 15) is 14.7 Å². The summed E-state index contributed by atoms with van der Waals surface area (Å²) >= 11 is 0. The Balaban J connectivity index is 2.87. The van der Waals surface area contributed by atoms with Crippen LogP contribution in [0.25, 0.3) is 0 Å². The van der Waals surface area contributed by atoms with Crippen LogP contribution in [-0.2, 0) is 4.79 Å². The minimum Gasteiger partial charge on any atom is -0.508 e. The van der Waals surface area contributed by atoms with E-state index < -0.39 is 5.97 Å². The monoisotopic (exact) mass is 237 g/mol. The normalized spacial score (nSPS) is 9.94. The van der Waals surface area contributed by atoms with E-state index in [2.05, 4.69) is 0 Å². The third-order valence-corrected chi connectivity index (χ3v) is 2.20. The topological polar surface area (TPSA) is 77.8 Å². The number of benzene rings is 1. The van der Waals surface area contributed by atoms with Crippen LogP contribution in [0.2, 0.25) is 0 Å². The van der Waals surface area contributed by atoms with Crippen LogP contribution in [-0.4, -0.2) is 40.1 Å². The number of carboxylic acid groups (broad SMARTS) is 1. The van der Waals surface area contributed by atoms with Gasteiger partial charge in [-0.05, 0) is 24.6 Å². The summed E-state index contributed by atoms with van der Waals surface area (Å²) in [6.07, 6.45) is 0.678. The summed E-state index contributed by atoms with van der Waals surface area (Å²) in [5.41, 5.74) is 0.291. The molecule has 5 nitrogen and oxygen atoms in total. The molecule has 17 heavy (non-hydrogen) atoms. The lowest BCUT2D eigenvalue weighted by atomic mass is 10.2. The summed E-state index contributed by atoms with van der Waals surface area (Å²) in [6, 6.07) is 5.88. The van der Waals surface area contributed by atoms with Crippen LogP contribution in [0.4, 0.5) is 0 Å². The van der Waals surface area contributed by atoms with Crippen molar-refractivity contribution < 1.29 is 19.8 Å². The number of amides is 1. The molecule has 0 fully saturated rings. The van der Waals surface area contributed by atoms with Gasteiger partial charge in [-0.2, -0.15) is 0 Å². The van der Waals surface area contributed by atoms with Crippen LogP contribution in [0, 0.1) is 0 Å². The average Bonchev–Trinajstić information content (AvgIpc) is 2.27. The molecule has 0 aliphatic heterocycles. The molecule has 92 valence electrons. The van der Waals surface area contributed by atoms with E-state index in [0.29, 0.717) is 18.5 Å². The van der Waals surface area contributed by atoms with E-state index in [0.717, 1.165) is 0 Å². The second kappa shape index (κ2) is 5.89. The van der Waals surface area contributed by atoms with E-state index in [-0.39, 0.29) is 18.2 Å². The zero-order chi connectivity index (χ0) is 12.8. The lowest BCUT2D eigenvalue weighted by Gasteiger charge is -2.19. The maximum Gasteiger partial charge on any atom is 0.323 e. The van der Waals surface area contributed by atoms with Crippen LogP contribution in [0.5, 0.6) is 5.75 Å². The quantitative estimate of drug-likeness (QED) is 0.809. The lowest BCUT2D eigenvalue weighted by molar-refractivity contribution is -0.137. The molecule has 0 atom stereocenters. The molecule has 0 radical (unpaired) electrons. The van der Waals surface area contributed by atoms with E-state index in [1.165, 1.54) is 17.0 Å². The summed E-state index contributed by atoms with van der Waals surface area (Å²) < 4.78 is 0. The van der Waals surface area contributed by atoms with Crippen molar-refractivity contribution in [3.63, 3.8) is 0 Å². The number of carbonyl (C=O) groups is 2. The van der Waals surface area contributed by atoms with Crippen molar-refractivity contribution in [3.05, 3.63) is 29.8 Å². The summed E-state index contributed by atoms with van der Waals surface area (Å²) in [7, 11) is 0. The molecule has 0 bridgehead atoms. The highest BCUT2D eigenvalue weighted by atomic mass is 16.4. The number of carbonyl (C=O) groups excluding carboxylic acids is 1. The largest absolute Gasteiger partial charge is 0.508 e. The smallest absolute Gasteiger partial charge is 0.323 e. The second-order valence-corrected chi connectivity index (χ2v) is 3.67. The Bertz CT molecular complexity index is 417. The first-order valence-electron chi connectivity index (χ1n) is 5.34. The van der Waals surface area contributed by atoms with Gasteiger partial charge in [0, 0.05) is 12.1 Å². The van der Waals surface area contributed by atoms with Crippen molar-refractivity contribution in [1.29, 1.82) is 0 Å². The molecule has 0 aromatic heterocycles. The van der Waals surface area contributed by atoms with Crippen molar-refractivity contribution in [2.24, 2.45) is 0 Å². The van der Waals surface area contributed by atoms with E-state index in [1.807, 2.05) is 6.92 Å². The van der Waals surface area contributed by atoms with Gasteiger partial charge in [0.2, 0.25) is 0 Å². The first kappa shape index (κ1) is 13.0. The van der Waals surface area contributed by atoms with E-state index >= 15 is 0 Å². The fraction of sp³-hybridized carbons (Fsp3) is 0.333. The summed E-state index contributed by atoms with van der Waals surface area (Å²) in [5.74, 6) is -1.44. The van der Waals surface area contributed by atoms with Crippen LogP contribution in [0.3, 0.4) is 0 Å². The number of hydrogen-bond donors (Lipinski definition) is 2. The predicted molar refractivity (Wildman–Crippen MR) is 61.9 cm³/mol.